The first-order valence-corrected chi connectivity index (χ1v) is 6.90. The molecule has 0 aliphatic rings. The summed E-state index contributed by atoms with van der Waals surface area (Å²) >= 11 is 0. The van der Waals surface area contributed by atoms with Crippen molar-refractivity contribution in [3.63, 3.8) is 0 Å². The molecule has 1 aromatic heterocycles. The van der Waals surface area contributed by atoms with E-state index in [4.69, 9.17) is 14.0 Å². The number of hydrogen-bond acceptors (Lipinski definition) is 5. The van der Waals surface area contributed by atoms with Gasteiger partial charge in [-0.25, -0.2) is 0 Å². The Morgan fingerprint density at radius 2 is 1.83 bits per heavy atom. The van der Waals surface area contributed by atoms with E-state index in [0.29, 0.717) is 17.2 Å². The molecule has 6 nitrogen and oxygen atoms in total. The van der Waals surface area contributed by atoms with E-state index in [2.05, 4.69) is 10.5 Å². The van der Waals surface area contributed by atoms with Crippen LogP contribution in [-0.2, 0) is 0 Å². The first-order chi connectivity index (χ1) is 11.3. The van der Waals surface area contributed by atoms with Crippen molar-refractivity contribution < 1.29 is 18.8 Å². The molecule has 0 radical (unpaired) electrons. The van der Waals surface area contributed by atoms with Gasteiger partial charge < -0.3 is 19.3 Å². The van der Waals surface area contributed by atoms with Gasteiger partial charge in [-0.1, -0.05) is 30.3 Å². The van der Waals surface area contributed by atoms with Gasteiger partial charge in [-0.05, 0) is 29.4 Å². The Kier molecular flexibility index (Phi) is 4.24. The molecule has 3 rings (SSSR count). The Morgan fingerprint density at radius 1 is 1.09 bits per heavy atom. The van der Waals surface area contributed by atoms with Crippen LogP contribution in [0.1, 0.15) is 10.6 Å². The summed E-state index contributed by atoms with van der Waals surface area (Å²) in [7, 11) is 1.45. The molecule has 116 valence electrons. The number of para-hydroxylation sites is 3. The molecule has 23 heavy (non-hydrogen) atoms. The summed E-state index contributed by atoms with van der Waals surface area (Å²) in [6.45, 7) is 0. The Morgan fingerprint density at radius 3 is 2.57 bits per heavy atom. The monoisotopic (exact) mass is 310 g/mol. The highest BCUT2D eigenvalue weighted by atomic mass is 16.5. The molecule has 3 aromatic rings. The van der Waals surface area contributed by atoms with E-state index in [-0.39, 0.29) is 11.6 Å². The van der Waals surface area contributed by atoms with Crippen LogP contribution in [0.2, 0.25) is 0 Å². The molecule has 1 amide bonds. The molecule has 1 N–H and O–H groups in total. The maximum absolute atomic E-state index is 12.2. The second kappa shape index (κ2) is 6.65. The number of hydrogen-bond donors (Lipinski definition) is 1. The van der Waals surface area contributed by atoms with Crippen LogP contribution in [-0.4, -0.2) is 18.2 Å². The summed E-state index contributed by atoms with van der Waals surface area (Å²) in [4.78, 5) is 12.2. The predicted octanol–water partition coefficient (Wildman–Crippen LogP) is 3.73. The van der Waals surface area contributed by atoms with E-state index in [0.717, 1.165) is 0 Å². The number of nitrogens with one attached hydrogen (secondary N) is 1. The Balaban J connectivity index is 1.79. The number of aromatic nitrogens is 1. The Labute approximate surface area is 132 Å². The molecule has 0 saturated heterocycles. The van der Waals surface area contributed by atoms with E-state index < -0.39 is 5.91 Å². The van der Waals surface area contributed by atoms with Crippen molar-refractivity contribution in [2.75, 3.05) is 12.4 Å². The van der Waals surface area contributed by atoms with Gasteiger partial charge in [-0.15, -0.1) is 0 Å². The van der Waals surface area contributed by atoms with E-state index in [9.17, 15) is 4.79 Å². The number of carbonyl (C=O) groups excluding carboxylic acids is 1. The van der Waals surface area contributed by atoms with Crippen molar-refractivity contribution in [3.8, 4) is 17.4 Å². The minimum Gasteiger partial charge on any atom is -0.479 e. The highest BCUT2D eigenvalue weighted by Gasteiger charge is 2.15. The van der Waals surface area contributed by atoms with Crippen molar-refractivity contribution in [2.24, 2.45) is 0 Å². The number of benzene rings is 2. The average molecular weight is 310 g/mol. The Bertz CT molecular complexity index is 799. The van der Waals surface area contributed by atoms with Crippen molar-refractivity contribution in [1.29, 1.82) is 0 Å². The summed E-state index contributed by atoms with van der Waals surface area (Å²) in [5.74, 6) is 1.05. The fraction of sp³-hybridized carbons (Fsp3) is 0.0588. The third-order valence-corrected chi connectivity index (χ3v) is 3.03. The molecule has 0 bridgehead atoms. The van der Waals surface area contributed by atoms with Gasteiger partial charge in [-0.3, -0.25) is 4.79 Å². The predicted molar refractivity (Wildman–Crippen MR) is 84.0 cm³/mol. The van der Waals surface area contributed by atoms with Crippen LogP contribution in [0.5, 0.6) is 17.4 Å². The number of anilines is 1. The van der Waals surface area contributed by atoms with Crippen LogP contribution in [0, 0.1) is 0 Å². The minimum atomic E-state index is -0.440. The molecule has 0 unspecified atom stereocenters. The lowest BCUT2D eigenvalue weighted by molar-refractivity contribution is 0.0987. The largest absolute Gasteiger partial charge is 0.479 e. The number of amides is 1. The van der Waals surface area contributed by atoms with Crippen molar-refractivity contribution in [1.82, 2.24) is 5.16 Å². The minimum absolute atomic E-state index is 0.0522. The molecule has 0 saturated carbocycles. The van der Waals surface area contributed by atoms with Gasteiger partial charge in [0.15, 0.2) is 5.75 Å². The van der Waals surface area contributed by atoms with Crippen LogP contribution in [0.15, 0.2) is 65.2 Å². The summed E-state index contributed by atoms with van der Waals surface area (Å²) in [6, 6.07) is 17.9. The second-order valence-corrected chi connectivity index (χ2v) is 4.60. The van der Waals surface area contributed by atoms with Gasteiger partial charge in [0.1, 0.15) is 5.75 Å². The number of nitrogens with zero attached hydrogens (tertiary/aromatic N) is 1. The smallest absolute Gasteiger partial charge is 0.294 e. The Hall–Kier alpha value is -3.28. The van der Waals surface area contributed by atoms with Gasteiger partial charge in [0.2, 0.25) is 5.76 Å². The lowest BCUT2D eigenvalue weighted by atomic mass is 10.2. The van der Waals surface area contributed by atoms with Gasteiger partial charge >= 0.3 is 0 Å². The lowest BCUT2D eigenvalue weighted by Crippen LogP contribution is -2.11. The molecule has 0 aliphatic heterocycles. The normalized spacial score (nSPS) is 10.1. The summed E-state index contributed by atoms with van der Waals surface area (Å²) < 4.78 is 15.6. The summed E-state index contributed by atoms with van der Waals surface area (Å²) in [6.07, 6.45) is 0. The fourth-order valence-electron chi connectivity index (χ4n) is 1.92. The van der Waals surface area contributed by atoms with E-state index in [1.165, 1.54) is 13.2 Å². The molecular formula is C17H14N2O4. The lowest BCUT2D eigenvalue weighted by Gasteiger charge is -2.11. The van der Waals surface area contributed by atoms with Crippen LogP contribution in [0.25, 0.3) is 0 Å². The molecule has 0 atom stereocenters. The maximum Gasteiger partial charge on any atom is 0.294 e. The van der Waals surface area contributed by atoms with Crippen LogP contribution in [0.4, 0.5) is 5.69 Å². The molecule has 0 fully saturated rings. The third-order valence-electron chi connectivity index (χ3n) is 3.03. The van der Waals surface area contributed by atoms with Crippen molar-refractivity contribution >= 4 is 11.6 Å². The average Bonchev–Trinajstić information content (AvgIpc) is 3.07. The number of carbonyl (C=O) groups is 1. The van der Waals surface area contributed by atoms with E-state index in [1.807, 2.05) is 36.4 Å². The zero-order valence-electron chi connectivity index (χ0n) is 12.4. The van der Waals surface area contributed by atoms with Crippen molar-refractivity contribution in [2.45, 2.75) is 0 Å². The summed E-state index contributed by atoms with van der Waals surface area (Å²) in [5.41, 5.74) is 0.525. The first kappa shape index (κ1) is 14.6. The number of ether oxygens (including phenoxy) is 2. The highest BCUT2D eigenvalue weighted by molar-refractivity contribution is 6.03. The second-order valence-electron chi connectivity index (χ2n) is 4.60. The molecule has 0 aliphatic carbocycles. The zero-order valence-corrected chi connectivity index (χ0v) is 12.4. The molecule has 6 heteroatoms. The zero-order chi connectivity index (χ0) is 16.1. The molecular weight excluding hydrogens is 296 g/mol. The number of methoxy groups -OCH3 is 1. The van der Waals surface area contributed by atoms with Gasteiger partial charge in [0, 0.05) is 0 Å². The molecule has 2 aromatic carbocycles. The fourth-order valence-corrected chi connectivity index (χ4v) is 1.92. The standard InChI is InChI=1S/C17H14N2O4/c1-21-16-11-15(23-19-16)17(20)18-13-9-5-6-10-14(13)22-12-7-3-2-4-8-12/h2-11H,1H3,(H,18,20). The van der Waals surface area contributed by atoms with E-state index >= 15 is 0 Å². The van der Waals surface area contributed by atoms with Gasteiger partial charge in [-0.2, -0.15) is 0 Å². The summed E-state index contributed by atoms with van der Waals surface area (Å²) in [5, 5.41) is 6.33. The topological polar surface area (TPSA) is 73.6 Å². The first-order valence-electron chi connectivity index (χ1n) is 6.90. The van der Waals surface area contributed by atoms with Gasteiger partial charge in [0.25, 0.3) is 11.8 Å². The molecule has 0 spiro atoms. The quantitative estimate of drug-likeness (QED) is 0.777. The SMILES string of the molecule is COc1cc(C(=O)Nc2ccccc2Oc2ccccc2)on1. The van der Waals surface area contributed by atoms with Gasteiger partial charge in [0.05, 0.1) is 18.9 Å². The van der Waals surface area contributed by atoms with Crippen molar-refractivity contribution in [3.05, 3.63) is 66.4 Å². The third kappa shape index (κ3) is 3.49. The highest BCUT2D eigenvalue weighted by Crippen LogP contribution is 2.29. The van der Waals surface area contributed by atoms with Crippen LogP contribution in [0.3, 0.4) is 0 Å². The maximum atomic E-state index is 12.2. The molecule has 1 heterocycles. The van der Waals surface area contributed by atoms with E-state index in [1.54, 1.807) is 18.2 Å². The van der Waals surface area contributed by atoms with Crippen LogP contribution >= 0.6 is 0 Å². The van der Waals surface area contributed by atoms with Crippen LogP contribution < -0.4 is 14.8 Å². The number of rotatable bonds is 5.